The van der Waals surface area contributed by atoms with Crippen molar-refractivity contribution < 1.29 is 9.90 Å². The molecule has 3 nitrogen and oxygen atoms in total. The van der Waals surface area contributed by atoms with Gasteiger partial charge < -0.3 is 9.67 Å². The molecule has 0 aliphatic heterocycles. The maximum Gasteiger partial charge on any atom is 0.337 e. The highest BCUT2D eigenvalue weighted by Gasteiger charge is 2.17. The fourth-order valence-electron chi connectivity index (χ4n) is 3.01. The summed E-state index contributed by atoms with van der Waals surface area (Å²) in [6.07, 6.45) is 8.56. The normalized spacial score (nSPS) is 11.2. The van der Waals surface area contributed by atoms with E-state index in [-0.39, 0.29) is 0 Å². The number of rotatable bonds is 8. The zero-order valence-corrected chi connectivity index (χ0v) is 14.0. The molecular weight excluding hydrogens is 274 g/mol. The third-order valence-electron chi connectivity index (χ3n) is 4.31. The second-order valence-corrected chi connectivity index (χ2v) is 6.00. The Kier molecular flexibility index (Phi) is 5.64. The molecule has 0 aliphatic rings. The largest absolute Gasteiger partial charge is 0.478 e. The van der Waals surface area contributed by atoms with Gasteiger partial charge in [-0.15, -0.1) is 0 Å². The highest BCUT2D eigenvalue weighted by atomic mass is 16.4. The number of carboxylic acid groups (broad SMARTS) is 1. The quantitative estimate of drug-likeness (QED) is 0.741. The minimum Gasteiger partial charge on any atom is -0.478 e. The number of aryl methyl sites for hydroxylation is 3. The molecule has 1 heterocycles. The van der Waals surface area contributed by atoms with E-state index in [1.165, 1.54) is 5.56 Å². The molecule has 2 aromatic rings. The Balaban J connectivity index is 2.64. The van der Waals surface area contributed by atoms with E-state index in [1.807, 2.05) is 6.07 Å². The molecule has 0 amide bonds. The highest BCUT2D eigenvalue weighted by Crippen LogP contribution is 2.29. The predicted octanol–water partition coefficient (Wildman–Crippen LogP) is 5.04. The minimum absolute atomic E-state index is 0.452. The fourth-order valence-corrected chi connectivity index (χ4v) is 3.01. The van der Waals surface area contributed by atoms with Crippen LogP contribution in [0.5, 0.6) is 0 Å². The number of benzene rings is 1. The number of hydrogen-bond acceptors (Lipinski definition) is 1. The van der Waals surface area contributed by atoms with E-state index in [0.717, 1.165) is 61.5 Å². The molecule has 2 rings (SSSR count). The Hall–Kier alpha value is -1.77. The Bertz CT molecular complexity index is 655. The number of fused-ring (bicyclic) bond motifs is 1. The Morgan fingerprint density at radius 1 is 1.14 bits per heavy atom. The number of aromatic nitrogens is 1. The van der Waals surface area contributed by atoms with E-state index in [1.54, 1.807) is 0 Å². The van der Waals surface area contributed by atoms with Crippen molar-refractivity contribution in [2.24, 2.45) is 0 Å². The molecule has 1 aromatic carbocycles. The number of aromatic carboxylic acids is 1. The van der Waals surface area contributed by atoms with Gasteiger partial charge in [0.1, 0.15) is 0 Å². The Labute approximate surface area is 133 Å². The maximum atomic E-state index is 11.7. The van der Waals surface area contributed by atoms with E-state index >= 15 is 0 Å². The summed E-state index contributed by atoms with van der Waals surface area (Å²) in [5.41, 5.74) is 3.76. The molecule has 0 spiro atoms. The molecule has 22 heavy (non-hydrogen) atoms. The fraction of sp³-hybridized carbons (Fsp3) is 0.526. The summed E-state index contributed by atoms with van der Waals surface area (Å²) in [5.74, 6) is -0.821. The number of hydrogen-bond donors (Lipinski definition) is 1. The van der Waals surface area contributed by atoms with Gasteiger partial charge in [-0.2, -0.15) is 0 Å². The van der Waals surface area contributed by atoms with Crippen LogP contribution >= 0.6 is 0 Å². The zero-order valence-electron chi connectivity index (χ0n) is 14.0. The molecule has 0 aliphatic carbocycles. The Morgan fingerprint density at radius 3 is 2.45 bits per heavy atom. The number of unbranched alkanes of at least 4 members (excludes halogenated alkanes) is 2. The van der Waals surface area contributed by atoms with Crippen molar-refractivity contribution in [3.63, 3.8) is 0 Å². The second kappa shape index (κ2) is 7.48. The standard InChI is InChI=1S/C19H27NO2/c1-4-7-9-15-13-20(10-8-5-2)18-16(15)11-14(6-3)12-17(18)19(21)22/h11-13H,4-10H2,1-3H3,(H,21,22). The van der Waals surface area contributed by atoms with Crippen LogP contribution in [0.1, 0.15) is 67.9 Å². The lowest BCUT2D eigenvalue weighted by molar-refractivity contribution is 0.0698. The lowest BCUT2D eigenvalue weighted by Gasteiger charge is -2.08. The van der Waals surface area contributed by atoms with Crippen molar-refractivity contribution in [2.45, 2.75) is 65.8 Å². The summed E-state index contributed by atoms with van der Waals surface area (Å²) >= 11 is 0. The van der Waals surface area contributed by atoms with Gasteiger partial charge in [0.05, 0.1) is 11.1 Å². The number of nitrogens with zero attached hydrogens (tertiary/aromatic N) is 1. The lowest BCUT2D eigenvalue weighted by Crippen LogP contribution is -2.04. The second-order valence-electron chi connectivity index (χ2n) is 6.00. The van der Waals surface area contributed by atoms with Crippen LogP contribution in [0.2, 0.25) is 0 Å². The van der Waals surface area contributed by atoms with Crippen LogP contribution in [-0.4, -0.2) is 15.6 Å². The number of carboxylic acids is 1. The van der Waals surface area contributed by atoms with Gasteiger partial charge in [0.15, 0.2) is 0 Å². The van der Waals surface area contributed by atoms with Crippen molar-refractivity contribution in [3.05, 3.63) is 35.0 Å². The van der Waals surface area contributed by atoms with Gasteiger partial charge in [-0.1, -0.05) is 33.6 Å². The maximum absolute atomic E-state index is 11.7. The molecule has 0 fully saturated rings. The number of carbonyl (C=O) groups is 1. The average molecular weight is 301 g/mol. The molecular formula is C19H27NO2. The summed E-state index contributed by atoms with van der Waals surface area (Å²) in [7, 11) is 0. The third-order valence-corrected chi connectivity index (χ3v) is 4.31. The molecule has 120 valence electrons. The topological polar surface area (TPSA) is 42.2 Å². The van der Waals surface area contributed by atoms with Crippen LogP contribution in [0.15, 0.2) is 18.3 Å². The molecule has 3 heteroatoms. The molecule has 1 N–H and O–H groups in total. The van der Waals surface area contributed by atoms with E-state index in [4.69, 9.17) is 0 Å². The summed E-state index contributed by atoms with van der Waals surface area (Å²) in [6, 6.07) is 4.03. The van der Waals surface area contributed by atoms with E-state index in [2.05, 4.69) is 37.6 Å². The molecule has 0 bridgehead atoms. The molecule has 0 unspecified atom stereocenters. The monoisotopic (exact) mass is 301 g/mol. The smallest absolute Gasteiger partial charge is 0.337 e. The molecule has 0 saturated heterocycles. The van der Waals surface area contributed by atoms with Gasteiger partial charge in [0.25, 0.3) is 0 Å². The minimum atomic E-state index is -0.821. The van der Waals surface area contributed by atoms with E-state index in [9.17, 15) is 9.90 Å². The first-order valence-corrected chi connectivity index (χ1v) is 8.50. The first-order chi connectivity index (χ1) is 10.6. The Morgan fingerprint density at radius 2 is 1.86 bits per heavy atom. The molecule has 1 aromatic heterocycles. The summed E-state index contributed by atoms with van der Waals surface area (Å²) in [6.45, 7) is 7.32. The van der Waals surface area contributed by atoms with Gasteiger partial charge in [0, 0.05) is 18.1 Å². The summed E-state index contributed by atoms with van der Waals surface area (Å²) in [4.78, 5) is 11.7. The van der Waals surface area contributed by atoms with Crippen LogP contribution in [0, 0.1) is 0 Å². The summed E-state index contributed by atoms with van der Waals surface area (Å²) < 4.78 is 2.16. The van der Waals surface area contributed by atoms with Crippen molar-refractivity contribution in [3.8, 4) is 0 Å². The van der Waals surface area contributed by atoms with Crippen molar-refractivity contribution in [1.82, 2.24) is 4.57 Å². The van der Waals surface area contributed by atoms with E-state index in [0.29, 0.717) is 5.56 Å². The molecule has 0 atom stereocenters. The SMILES string of the molecule is CCCCc1cn(CCCC)c2c(C(=O)O)cc(CC)cc12. The first kappa shape index (κ1) is 16.6. The highest BCUT2D eigenvalue weighted by molar-refractivity contribution is 6.03. The molecule has 0 saturated carbocycles. The molecule has 0 radical (unpaired) electrons. The lowest BCUT2D eigenvalue weighted by atomic mass is 10.0. The van der Waals surface area contributed by atoms with Gasteiger partial charge in [-0.3, -0.25) is 0 Å². The average Bonchev–Trinajstić information content (AvgIpc) is 2.87. The van der Waals surface area contributed by atoms with Crippen LogP contribution in [0.25, 0.3) is 10.9 Å². The van der Waals surface area contributed by atoms with Crippen molar-refractivity contribution >= 4 is 16.9 Å². The predicted molar refractivity (Wildman–Crippen MR) is 91.8 cm³/mol. The van der Waals surface area contributed by atoms with Gasteiger partial charge in [0.2, 0.25) is 0 Å². The van der Waals surface area contributed by atoms with Crippen LogP contribution in [0.3, 0.4) is 0 Å². The van der Waals surface area contributed by atoms with Crippen LogP contribution < -0.4 is 0 Å². The van der Waals surface area contributed by atoms with Crippen LogP contribution in [0.4, 0.5) is 0 Å². The summed E-state index contributed by atoms with van der Waals surface area (Å²) in [5, 5.41) is 10.8. The first-order valence-electron chi connectivity index (χ1n) is 8.50. The van der Waals surface area contributed by atoms with Gasteiger partial charge in [-0.25, -0.2) is 4.79 Å². The third kappa shape index (κ3) is 3.34. The van der Waals surface area contributed by atoms with E-state index < -0.39 is 5.97 Å². The van der Waals surface area contributed by atoms with Crippen LogP contribution in [-0.2, 0) is 19.4 Å². The van der Waals surface area contributed by atoms with Crippen molar-refractivity contribution in [2.75, 3.05) is 0 Å². The van der Waals surface area contributed by atoms with Gasteiger partial charge >= 0.3 is 5.97 Å². The van der Waals surface area contributed by atoms with Crippen molar-refractivity contribution in [1.29, 1.82) is 0 Å². The van der Waals surface area contributed by atoms with Gasteiger partial charge in [-0.05, 0) is 48.9 Å². The zero-order chi connectivity index (χ0) is 16.1.